The van der Waals surface area contributed by atoms with Gasteiger partial charge in [0.1, 0.15) is 11.7 Å². The molecule has 2 aliphatic heterocycles. The number of aryl methyl sites for hydroxylation is 2. The first-order chi connectivity index (χ1) is 20.5. The van der Waals surface area contributed by atoms with E-state index in [1.807, 2.05) is 54.2 Å². The van der Waals surface area contributed by atoms with Crippen molar-refractivity contribution in [1.29, 1.82) is 0 Å². The van der Waals surface area contributed by atoms with E-state index in [4.69, 9.17) is 4.99 Å². The summed E-state index contributed by atoms with van der Waals surface area (Å²) in [5, 5.41) is 14.5. The number of nitrogens with zero attached hydrogens (tertiary/aromatic N) is 5. The summed E-state index contributed by atoms with van der Waals surface area (Å²) in [4.78, 5) is 36.4. The predicted octanol–water partition coefficient (Wildman–Crippen LogP) is 6.27. The van der Waals surface area contributed by atoms with Gasteiger partial charge >= 0.3 is 0 Å². The molecule has 1 N–H and O–H groups in total. The number of rotatable bonds is 9. The summed E-state index contributed by atoms with van der Waals surface area (Å²) in [7, 11) is 1.94. The van der Waals surface area contributed by atoms with Gasteiger partial charge in [0.25, 0.3) is 5.69 Å². The van der Waals surface area contributed by atoms with E-state index in [0.29, 0.717) is 22.6 Å². The topological polar surface area (TPSA) is 106 Å². The molecule has 42 heavy (non-hydrogen) atoms. The summed E-state index contributed by atoms with van der Waals surface area (Å²) >= 11 is 0. The van der Waals surface area contributed by atoms with Crippen LogP contribution in [0.15, 0.2) is 84.1 Å². The number of aromatic nitrogens is 2. The number of non-ortho nitro benzene ring substituents is 1. The molecule has 6 rings (SSSR count). The number of likely N-dealkylation sites (tertiary alicyclic amines) is 1. The number of hydrogen-bond donors (Lipinski definition) is 1. The molecule has 4 aromatic rings. The molecule has 9 nitrogen and oxygen atoms in total. The van der Waals surface area contributed by atoms with E-state index in [0.717, 1.165) is 36.3 Å². The van der Waals surface area contributed by atoms with Crippen molar-refractivity contribution in [3.05, 3.63) is 106 Å². The zero-order valence-corrected chi connectivity index (χ0v) is 23.7. The van der Waals surface area contributed by atoms with Crippen LogP contribution >= 0.6 is 0 Å². The van der Waals surface area contributed by atoms with Crippen LogP contribution in [0.4, 0.5) is 17.1 Å². The largest absolute Gasteiger partial charge is 0.334 e. The second kappa shape index (κ2) is 12.1. The highest BCUT2D eigenvalue weighted by Gasteiger charge is 2.36. The van der Waals surface area contributed by atoms with Crippen LogP contribution < -0.4 is 5.32 Å². The van der Waals surface area contributed by atoms with Crippen LogP contribution in [0.1, 0.15) is 48.3 Å². The molecule has 0 spiro atoms. The third kappa shape index (κ3) is 5.87. The highest BCUT2D eigenvalue weighted by atomic mass is 16.6. The average molecular weight is 563 g/mol. The number of carbonyl (C=O) groups is 1. The number of nitro groups is 1. The SMILES string of the molecule is Cn1ccnc1-c1ccc(N=C(c2ccc(CCCN3CCCCC3)cc2)C2C(=O)Nc3ccc([N+](=O)[O-])cc32)cc1. The molecule has 3 aromatic carbocycles. The number of nitrogens with one attached hydrogen (secondary N) is 1. The van der Waals surface area contributed by atoms with Crippen LogP contribution in [0.3, 0.4) is 0 Å². The van der Waals surface area contributed by atoms with E-state index in [1.54, 1.807) is 12.3 Å². The Labute approximate surface area is 245 Å². The van der Waals surface area contributed by atoms with Gasteiger partial charge in [0.05, 0.1) is 16.3 Å². The number of fused-ring (bicyclic) bond motifs is 1. The molecule has 1 atom stereocenters. The van der Waals surface area contributed by atoms with Gasteiger partial charge in [-0.05, 0) is 86.8 Å². The van der Waals surface area contributed by atoms with Gasteiger partial charge in [0.15, 0.2) is 0 Å². The Morgan fingerprint density at radius 2 is 1.81 bits per heavy atom. The summed E-state index contributed by atoms with van der Waals surface area (Å²) in [6, 6.07) is 20.4. The lowest BCUT2D eigenvalue weighted by Gasteiger charge is -2.26. The first-order valence-electron chi connectivity index (χ1n) is 14.5. The standard InChI is InChI=1S/C33H34N6O3/c1-37-21-17-34-32(37)25-11-13-26(14-12-25)35-31(30-28-22-27(39(41)42)15-16-29(28)36-33(30)40)24-9-7-23(8-10-24)6-5-20-38-18-3-2-4-19-38/h7-17,21-22,30H,2-6,18-20H2,1H3,(H,36,40). The molecule has 3 heterocycles. The molecule has 0 bridgehead atoms. The number of nitro benzene ring substituents is 1. The van der Waals surface area contributed by atoms with Crippen molar-refractivity contribution in [3.8, 4) is 11.4 Å². The molecule has 1 fully saturated rings. The van der Waals surface area contributed by atoms with E-state index in [-0.39, 0.29) is 11.6 Å². The minimum absolute atomic E-state index is 0.0573. The van der Waals surface area contributed by atoms with E-state index in [9.17, 15) is 14.9 Å². The molecule has 1 saturated heterocycles. The molecule has 0 saturated carbocycles. The average Bonchev–Trinajstić information content (AvgIpc) is 3.58. The Balaban J connectivity index is 1.31. The Hall–Kier alpha value is -4.63. The normalized spacial score (nSPS) is 17.2. The Morgan fingerprint density at radius 3 is 2.50 bits per heavy atom. The number of hydrogen-bond acceptors (Lipinski definition) is 6. The maximum atomic E-state index is 13.3. The second-order valence-corrected chi connectivity index (χ2v) is 11.1. The number of benzene rings is 3. The lowest BCUT2D eigenvalue weighted by molar-refractivity contribution is -0.384. The first kappa shape index (κ1) is 27.5. The van der Waals surface area contributed by atoms with Crippen molar-refractivity contribution in [2.75, 3.05) is 25.0 Å². The van der Waals surface area contributed by atoms with Crippen molar-refractivity contribution < 1.29 is 9.72 Å². The zero-order chi connectivity index (χ0) is 29.1. The molecule has 9 heteroatoms. The van der Waals surface area contributed by atoms with Gasteiger partial charge in [0.2, 0.25) is 5.91 Å². The minimum atomic E-state index is -0.779. The minimum Gasteiger partial charge on any atom is -0.334 e. The third-order valence-electron chi connectivity index (χ3n) is 8.18. The van der Waals surface area contributed by atoms with E-state index < -0.39 is 10.8 Å². The fourth-order valence-corrected chi connectivity index (χ4v) is 5.93. The fraction of sp³-hybridized carbons (Fsp3) is 0.303. The number of amides is 1. The smallest absolute Gasteiger partial charge is 0.269 e. The Kier molecular flexibility index (Phi) is 7.92. The molecule has 214 valence electrons. The summed E-state index contributed by atoms with van der Waals surface area (Å²) in [6.07, 6.45) is 9.67. The molecule has 1 amide bonds. The maximum Gasteiger partial charge on any atom is 0.269 e. The fourth-order valence-electron chi connectivity index (χ4n) is 5.93. The molecule has 1 unspecified atom stereocenters. The number of aliphatic imine (C=N–C) groups is 1. The van der Waals surface area contributed by atoms with Gasteiger partial charge in [-0.3, -0.25) is 19.9 Å². The molecule has 1 aromatic heterocycles. The number of piperidine rings is 1. The maximum absolute atomic E-state index is 13.3. The van der Waals surface area contributed by atoms with Crippen LogP contribution in [0.2, 0.25) is 0 Å². The molecule has 0 aliphatic carbocycles. The summed E-state index contributed by atoms with van der Waals surface area (Å²) in [6.45, 7) is 3.51. The molecular formula is C33H34N6O3. The molecular weight excluding hydrogens is 528 g/mol. The molecule has 0 radical (unpaired) electrons. The number of carbonyl (C=O) groups excluding carboxylic acids is 1. The highest BCUT2D eigenvalue weighted by molar-refractivity contribution is 6.24. The van der Waals surface area contributed by atoms with Gasteiger partial charge in [-0.15, -0.1) is 0 Å². The van der Waals surface area contributed by atoms with Gasteiger partial charge in [-0.1, -0.05) is 30.7 Å². The van der Waals surface area contributed by atoms with Crippen LogP contribution in [0.5, 0.6) is 0 Å². The summed E-state index contributed by atoms with van der Waals surface area (Å²) in [5.41, 5.74) is 5.31. The number of imidazole rings is 1. The quantitative estimate of drug-likeness (QED) is 0.147. The second-order valence-electron chi connectivity index (χ2n) is 11.1. The van der Waals surface area contributed by atoms with Crippen LogP contribution in [0.25, 0.3) is 11.4 Å². The van der Waals surface area contributed by atoms with Crippen LogP contribution in [-0.2, 0) is 18.3 Å². The molecule has 2 aliphatic rings. The van der Waals surface area contributed by atoms with E-state index in [2.05, 4.69) is 27.3 Å². The lowest BCUT2D eigenvalue weighted by atomic mass is 9.89. The lowest BCUT2D eigenvalue weighted by Crippen LogP contribution is -2.30. The van der Waals surface area contributed by atoms with Crippen molar-refractivity contribution in [1.82, 2.24) is 14.5 Å². The van der Waals surface area contributed by atoms with Crippen molar-refractivity contribution in [2.24, 2.45) is 12.0 Å². The first-order valence-corrected chi connectivity index (χ1v) is 14.5. The highest BCUT2D eigenvalue weighted by Crippen LogP contribution is 2.38. The van der Waals surface area contributed by atoms with Gasteiger partial charge < -0.3 is 14.8 Å². The summed E-state index contributed by atoms with van der Waals surface area (Å²) < 4.78 is 1.95. The third-order valence-corrected chi connectivity index (χ3v) is 8.18. The number of anilines is 1. The Morgan fingerprint density at radius 1 is 1.05 bits per heavy atom. The van der Waals surface area contributed by atoms with Crippen LogP contribution in [0, 0.1) is 10.1 Å². The predicted molar refractivity (Wildman–Crippen MR) is 164 cm³/mol. The van der Waals surface area contributed by atoms with Gasteiger partial charge in [-0.25, -0.2) is 4.98 Å². The van der Waals surface area contributed by atoms with E-state index >= 15 is 0 Å². The zero-order valence-electron chi connectivity index (χ0n) is 23.7. The van der Waals surface area contributed by atoms with Crippen molar-refractivity contribution in [2.45, 2.75) is 38.0 Å². The van der Waals surface area contributed by atoms with E-state index in [1.165, 1.54) is 50.0 Å². The van der Waals surface area contributed by atoms with Gasteiger partial charge in [-0.2, -0.15) is 0 Å². The monoisotopic (exact) mass is 562 g/mol. The van der Waals surface area contributed by atoms with Crippen molar-refractivity contribution in [3.63, 3.8) is 0 Å². The van der Waals surface area contributed by atoms with Crippen molar-refractivity contribution >= 4 is 28.7 Å². The summed E-state index contributed by atoms with van der Waals surface area (Å²) in [5.74, 6) is -0.184. The van der Waals surface area contributed by atoms with Gasteiger partial charge in [0, 0.05) is 48.4 Å². The van der Waals surface area contributed by atoms with Crippen LogP contribution in [-0.4, -0.2) is 50.6 Å². The Bertz CT molecular complexity index is 1620.